The second-order valence-corrected chi connectivity index (χ2v) is 33.6. The summed E-state index contributed by atoms with van der Waals surface area (Å²) in [5.41, 5.74) is 15.2. The average molecular weight is 1020 g/mol. The molecular weight excluding hydrogens is 957 g/mol. The number of rotatable bonds is 8. The molecule has 0 radical (unpaired) electrons. The van der Waals surface area contributed by atoms with Gasteiger partial charge >= 0.3 is 0 Å². The van der Waals surface area contributed by atoms with E-state index >= 15 is 0 Å². The smallest absolute Gasteiger partial charge is 0.159 e. The Labute approximate surface area is 445 Å². The van der Waals surface area contributed by atoms with Crippen molar-refractivity contribution in [3.05, 3.63) is 204 Å². The van der Waals surface area contributed by atoms with Crippen LogP contribution >= 0.6 is 0 Å². The van der Waals surface area contributed by atoms with Crippen molar-refractivity contribution in [2.75, 3.05) is 9.80 Å². The molecular formula is C70H60N2O2Si2. The van der Waals surface area contributed by atoms with Gasteiger partial charge in [-0.3, -0.25) is 0 Å². The van der Waals surface area contributed by atoms with Crippen molar-refractivity contribution >= 4 is 158 Å². The fourth-order valence-electron chi connectivity index (χ4n) is 12.7. The number of benzene rings is 12. The van der Waals surface area contributed by atoms with Crippen LogP contribution in [0, 0.1) is 27.7 Å². The van der Waals surface area contributed by atoms with Gasteiger partial charge in [0.05, 0.1) is 50.3 Å². The minimum atomic E-state index is -1.78. The van der Waals surface area contributed by atoms with Crippen LogP contribution in [0.3, 0.4) is 0 Å². The van der Waals surface area contributed by atoms with Crippen LogP contribution in [0.4, 0.5) is 34.1 Å². The number of hydrogen-bond acceptors (Lipinski definition) is 4. The standard InChI is InChI=1S/C70H60N2O2Si2/c1-41-23-27-45-29-25-43(3)65(55(45)39-41)71(59-19-11-15-49-51-17-13-21-61(75(5,6)7)69(51)73-67(49)59)57-37-33-47-32-36-54-58(38-34-48-31-35-53(57)63(47)64(48)54)72(66-44(4)26-30-46-28-24-42(2)40-56(46)66)60-20-12-16-50-52-18-14-22-62(76(8,9)10)70(52)74-68(50)60/h11-40H,1-10H3. The number of nitrogens with zero attached hydrogens (tertiary/aromatic N) is 2. The zero-order chi connectivity index (χ0) is 52.1. The van der Waals surface area contributed by atoms with Gasteiger partial charge in [-0.15, -0.1) is 0 Å². The Kier molecular flexibility index (Phi) is 10.2. The molecule has 6 heteroatoms. The van der Waals surface area contributed by atoms with E-state index in [1.807, 2.05) is 0 Å². The molecule has 2 heterocycles. The number of hydrogen-bond donors (Lipinski definition) is 0. The van der Waals surface area contributed by atoms with Gasteiger partial charge in [0.15, 0.2) is 11.2 Å². The van der Waals surface area contributed by atoms with E-state index in [4.69, 9.17) is 8.83 Å². The van der Waals surface area contributed by atoms with Gasteiger partial charge in [-0.05, 0) is 118 Å². The molecule has 0 aliphatic rings. The Bertz CT molecular complexity index is 4430. The largest absolute Gasteiger partial charge is 0.454 e. The Hall–Kier alpha value is -8.17. The highest BCUT2D eigenvalue weighted by Gasteiger charge is 2.31. The first-order valence-electron chi connectivity index (χ1n) is 26.8. The summed E-state index contributed by atoms with van der Waals surface area (Å²) >= 11 is 0. The van der Waals surface area contributed by atoms with Gasteiger partial charge in [-0.25, -0.2) is 0 Å². The topological polar surface area (TPSA) is 32.8 Å². The molecule has 4 nitrogen and oxygen atoms in total. The van der Waals surface area contributed by atoms with Crippen molar-refractivity contribution < 1.29 is 8.83 Å². The first-order chi connectivity index (χ1) is 36.6. The Morgan fingerprint density at radius 3 is 1.07 bits per heavy atom. The van der Waals surface area contributed by atoms with Crippen molar-refractivity contribution in [3.8, 4) is 0 Å². The number of furan rings is 2. The van der Waals surface area contributed by atoms with Crippen LogP contribution in [0.25, 0.3) is 97.7 Å². The molecule has 0 N–H and O–H groups in total. The Morgan fingerprint density at radius 2 is 0.658 bits per heavy atom. The highest BCUT2D eigenvalue weighted by atomic mass is 28.3. The monoisotopic (exact) mass is 1020 g/mol. The van der Waals surface area contributed by atoms with Crippen molar-refractivity contribution in [3.63, 3.8) is 0 Å². The quantitative estimate of drug-likeness (QED) is 0.112. The number of fused-ring (bicyclic) bond motifs is 8. The SMILES string of the molecule is Cc1ccc2ccc(C)c(N(c3ccc4ccc5c(N(c6c(C)ccc7ccc(C)cc67)c6cccc7c6oc6c([Si](C)(C)C)cccc67)ccc6ccc3c4c65)c3cccc4c3oc3c([Si](C)(C)C)cccc34)c2c1. The normalized spacial score (nSPS) is 12.6. The molecule has 0 fully saturated rings. The average Bonchev–Trinajstić information content (AvgIpc) is 4.13. The third-order valence-electron chi connectivity index (χ3n) is 16.4. The van der Waals surface area contributed by atoms with Crippen LogP contribution < -0.4 is 20.2 Å². The molecule has 0 atom stereocenters. The third-order valence-corrected chi connectivity index (χ3v) is 20.4. The van der Waals surface area contributed by atoms with Gasteiger partial charge in [0, 0.05) is 43.1 Å². The van der Waals surface area contributed by atoms with Crippen LogP contribution in [0.5, 0.6) is 0 Å². The number of para-hydroxylation sites is 4. The van der Waals surface area contributed by atoms with Crippen molar-refractivity contribution in [2.45, 2.75) is 67.0 Å². The van der Waals surface area contributed by atoms with Crippen LogP contribution in [-0.2, 0) is 0 Å². The molecule has 0 bridgehead atoms. The van der Waals surface area contributed by atoms with Gasteiger partial charge in [0.2, 0.25) is 0 Å². The maximum atomic E-state index is 7.29. The van der Waals surface area contributed by atoms with Gasteiger partial charge in [0.1, 0.15) is 11.2 Å². The summed E-state index contributed by atoms with van der Waals surface area (Å²) in [4.78, 5) is 5.04. The lowest BCUT2D eigenvalue weighted by Crippen LogP contribution is -2.37. The molecule has 0 unspecified atom stereocenters. The zero-order valence-electron chi connectivity index (χ0n) is 45.0. The molecule has 0 amide bonds. The summed E-state index contributed by atoms with van der Waals surface area (Å²) in [5.74, 6) is 0. The van der Waals surface area contributed by atoms with Crippen LogP contribution in [0.15, 0.2) is 191 Å². The molecule has 0 aliphatic heterocycles. The molecule has 76 heavy (non-hydrogen) atoms. The third kappa shape index (κ3) is 6.93. The molecule has 0 saturated heterocycles. The molecule has 0 aliphatic carbocycles. The lowest BCUT2D eigenvalue weighted by molar-refractivity contribution is 0.671. The molecule has 14 aromatic rings. The van der Waals surface area contributed by atoms with E-state index < -0.39 is 16.1 Å². The maximum Gasteiger partial charge on any atom is 0.159 e. The Balaban J connectivity index is 1.08. The summed E-state index contributed by atoms with van der Waals surface area (Å²) < 4.78 is 14.6. The lowest BCUT2D eigenvalue weighted by atomic mass is 9.91. The van der Waals surface area contributed by atoms with E-state index in [2.05, 4.69) is 259 Å². The second kappa shape index (κ2) is 16.7. The van der Waals surface area contributed by atoms with Crippen molar-refractivity contribution in [1.82, 2.24) is 0 Å². The first-order valence-corrected chi connectivity index (χ1v) is 33.8. The summed E-state index contributed by atoms with van der Waals surface area (Å²) in [6.45, 7) is 23.4. The van der Waals surface area contributed by atoms with E-state index in [1.54, 1.807) is 0 Å². The Morgan fingerprint density at radius 1 is 0.303 bits per heavy atom. The number of anilines is 6. The molecule has 2 aromatic heterocycles. The zero-order valence-corrected chi connectivity index (χ0v) is 47.0. The minimum Gasteiger partial charge on any atom is -0.454 e. The van der Waals surface area contributed by atoms with Crippen LogP contribution in [0.1, 0.15) is 22.3 Å². The van der Waals surface area contributed by atoms with Crippen LogP contribution in [-0.4, -0.2) is 16.1 Å². The van der Waals surface area contributed by atoms with Gasteiger partial charge in [-0.2, -0.15) is 0 Å². The number of aryl methyl sites for hydroxylation is 4. The summed E-state index contributed by atoms with van der Waals surface area (Å²) in [5, 5.41) is 19.3. The first kappa shape index (κ1) is 46.4. The highest BCUT2D eigenvalue weighted by Crippen LogP contribution is 2.53. The minimum absolute atomic E-state index is 0.897. The van der Waals surface area contributed by atoms with Gasteiger partial charge in [-0.1, -0.05) is 196 Å². The lowest BCUT2D eigenvalue weighted by Gasteiger charge is -2.31. The van der Waals surface area contributed by atoms with E-state index in [-0.39, 0.29) is 0 Å². The van der Waals surface area contributed by atoms with Gasteiger partial charge in [0.25, 0.3) is 0 Å². The van der Waals surface area contributed by atoms with Crippen molar-refractivity contribution in [1.29, 1.82) is 0 Å². The van der Waals surface area contributed by atoms with E-state index in [0.29, 0.717) is 0 Å². The molecule has 12 aromatic carbocycles. The fourth-order valence-corrected chi connectivity index (χ4v) is 15.6. The van der Waals surface area contributed by atoms with Crippen molar-refractivity contribution in [2.24, 2.45) is 0 Å². The summed E-state index contributed by atoms with van der Waals surface area (Å²) in [6, 6.07) is 68.5. The second-order valence-electron chi connectivity index (χ2n) is 23.6. The molecule has 0 spiro atoms. The summed E-state index contributed by atoms with van der Waals surface area (Å²) in [7, 11) is -3.56. The molecule has 0 saturated carbocycles. The summed E-state index contributed by atoms with van der Waals surface area (Å²) in [6.07, 6.45) is 0. The van der Waals surface area contributed by atoms with E-state index in [1.165, 1.54) is 97.3 Å². The van der Waals surface area contributed by atoms with E-state index in [0.717, 1.165) is 67.2 Å². The molecule has 370 valence electrons. The van der Waals surface area contributed by atoms with Gasteiger partial charge < -0.3 is 18.6 Å². The maximum absolute atomic E-state index is 7.29. The molecule has 14 rings (SSSR count). The fraction of sp³-hybridized carbons (Fsp3) is 0.143. The van der Waals surface area contributed by atoms with Crippen LogP contribution in [0.2, 0.25) is 39.3 Å². The highest BCUT2D eigenvalue weighted by molar-refractivity contribution is 6.90. The van der Waals surface area contributed by atoms with E-state index in [9.17, 15) is 0 Å². The predicted octanol–water partition coefficient (Wildman–Crippen LogP) is 20.0. The predicted molar refractivity (Wildman–Crippen MR) is 334 cm³/mol.